The molecule has 170 valence electrons. The maximum absolute atomic E-state index is 13.4. The second-order valence-electron chi connectivity index (χ2n) is 8.72. The van der Waals surface area contributed by atoms with Crippen LogP contribution >= 0.6 is 0 Å². The minimum atomic E-state index is -0.767. The molecule has 0 radical (unpaired) electrons. The molecule has 0 saturated carbocycles. The smallest absolute Gasteiger partial charge is 0.327 e. The fourth-order valence-corrected chi connectivity index (χ4v) is 4.86. The summed E-state index contributed by atoms with van der Waals surface area (Å²) >= 11 is 0. The van der Waals surface area contributed by atoms with Crippen LogP contribution in [0.25, 0.3) is 0 Å². The standard InChI is InChI=1S/C24H30N4O4/c1-17(13-18-6-7-20(29)21(14-18)32-3)27-11-8-24(9-12-27)22(30)28(23(31)26(24)2)16-19-5-4-10-25-15-19/h4-7,10,14-15,17,29H,8-9,11-13,16H2,1-3H3. The molecular weight excluding hydrogens is 408 g/mol. The minimum absolute atomic E-state index is 0.107. The van der Waals surface area contributed by atoms with E-state index >= 15 is 0 Å². The van der Waals surface area contributed by atoms with Crippen LogP contribution in [0.5, 0.6) is 11.5 Å². The molecule has 0 bridgehead atoms. The number of carbonyl (C=O) groups is 2. The SMILES string of the molecule is COc1cc(CC(C)N2CCC3(CC2)C(=O)N(Cc2cccnc2)C(=O)N3C)ccc1O. The van der Waals surface area contributed by atoms with E-state index in [9.17, 15) is 14.7 Å². The van der Waals surface area contributed by atoms with Gasteiger partial charge < -0.3 is 19.6 Å². The normalized spacial score (nSPS) is 19.6. The zero-order chi connectivity index (χ0) is 22.9. The molecule has 2 aliphatic heterocycles. The Kier molecular flexibility index (Phi) is 6.06. The number of aromatic nitrogens is 1. The highest BCUT2D eigenvalue weighted by Crippen LogP contribution is 2.37. The van der Waals surface area contributed by atoms with E-state index in [1.54, 1.807) is 37.5 Å². The summed E-state index contributed by atoms with van der Waals surface area (Å²) in [5, 5.41) is 9.81. The van der Waals surface area contributed by atoms with Gasteiger partial charge in [-0.05, 0) is 55.5 Å². The Balaban J connectivity index is 1.41. The summed E-state index contributed by atoms with van der Waals surface area (Å²) < 4.78 is 5.22. The molecule has 4 rings (SSSR count). The lowest BCUT2D eigenvalue weighted by atomic mass is 9.85. The van der Waals surface area contributed by atoms with Gasteiger partial charge in [0.1, 0.15) is 5.54 Å². The third-order valence-electron chi connectivity index (χ3n) is 6.89. The summed E-state index contributed by atoms with van der Waals surface area (Å²) in [6.45, 7) is 3.89. The van der Waals surface area contributed by atoms with Gasteiger partial charge >= 0.3 is 6.03 Å². The highest BCUT2D eigenvalue weighted by atomic mass is 16.5. The van der Waals surface area contributed by atoms with Crippen LogP contribution in [-0.2, 0) is 17.8 Å². The molecule has 1 aromatic heterocycles. The van der Waals surface area contributed by atoms with Gasteiger partial charge in [-0.1, -0.05) is 12.1 Å². The molecule has 3 amide bonds. The lowest BCUT2D eigenvalue weighted by Gasteiger charge is -2.43. The van der Waals surface area contributed by atoms with Crippen molar-refractivity contribution in [2.75, 3.05) is 27.2 Å². The Labute approximate surface area is 188 Å². The van der Waals surface area contributed by atoms with Crippen molar-refractivity contribution in [3.8, 4) is 11.5 Å². The first-order valence-electron chi connectivity index (χ1n) is 10.9. The predicted molar refractivity (Wildman–Crippen MR) is 119 cm³/mol. The lowest BCUT2D eigenvalue weighted by Crippen LogP contribution is -2.56. The quantitative estimate of drug-likeness (QED) is 0.698. The molecule has 8 heteroatoms. The number of piperidine rings is 1. The summed E-state index contributed by atoms with van der Waals surface area (Å²) in [6.07, 6.45) is 5.39. The van der Waals surface area contributed by atoms with Crippen LogP contribution in [0.2, 0.25) is 0 Å². The van der Waals surface area contributed by atoms with Gasteiger partial charge in [0.25, 0.3) is 5.91 Å². The molecular formula is C24H30N4O4. The first kappa shape index (κ1) is 22.1. The Morgan fingerprint density at radius 1 is 1.19 bits per heavy atom. The molecule has 1 N–H and O–H groups in total. The summed E-state index contributed by atoms with van der Waals surface area (Å²) in [5.74, 6) is 0.495. The van der Waals surface area contributed by atoms with Crippen LogP contribution in [-0.4, -0.2) is 75.6 Å². The summed E-state index contributed by atoms with van der Waals surface area (Å²) in [5.41, 5.74) is 1.16. The number of amides is 3. The maximum Gasteiger partial charge on any atom is 0.327 e. The number of hydrogen-bond donors (Lipinski definition) is 1. The first-order chi connectivity index (χ1) is 15.4. The average Bonchev–Trinajstić information content (AvgIpc) is 2.97. The number of ether oxygens (including phenoxy) is 1. The molecule has 2 saturated heterocycles. The highest BCUT2D eigenvalue weighted by Gasteiger charge is 2.56. The number of imide groups is 1. The van der Waals surface area contributed by atoms with Gasteiger partial charge in [0, 0.05) is 38.6 Å². The van der Waals surface area contributed by atoms with E-state index < -0.39 is 5.54 Å². The number of likely N-dealkylation sites (N-methyl/N-ethyl adjacent to an activating group) is 1. The number of methoxy groups -OCH3 is 1. The van der Waals surface area contributed by atoms with E-state index in [-0.39, 0.29) is 30.3 Å². The Hall–Kier alpha value is -3.13. The number of phenols is 1. The zero-order valence-corrected chi connectivity index (χ0v) is 18.8. The van der Waals surface area contributed by atoms with Gasteiger partial charge in [0.2, 0.25) is 0 Å². The fraction of sp³-hybridized carbons (Fsp3) is 0.458. The zero-order valence-electron chi connectivity index (χ0n) is 18.8. The number of carbonyl (C=O) groups excluding carboxylic acids is 2. The number of hydrogen-bond acceptors (Lipinski definition) is 6. The number of pyridine rings is 1. The Morgan fingerprint density at radius 2 is 1.94 bits per heavy atom. The minimum Gasteiger partial charge on any atom is -0.504 e. The average molecular weight is 439 g/mol. The molecule has 2 aliphatic rings. The van der Waals surface area contributed by atoms with E-state index in [0.717, 1.165) is 30.6 Å². The summed E-state index contributed by atoms with van der Waals surface area (Å²) in [7, 11) is 3.28. The summed E-state index contributed by atoms with van der Waals surface area (Å²) in [6, 6.07) is 9.12. The van der Waals surface area contributed by atoms with Crippen LogP contribution in [0.4, 0.5) is 4.79 Å². The van der Waals surface area contributed by atoms with Crippen LogP contribution in [0, 0.1) is 0 Å². The van der Waals surface area contributed by atoms with E-state index in [2.05, 4.69) is 16.8 Å². The summed E-state index contributed by atoms with van der Waals surface area (Å²) in [4.78, 5) is 35.7. The third kappa shape index (κ3) is 3.90. The lowest BCUT2D eigenvalue weighted by molar-refractivity contribution is -0.135. The van der Waals surface area contributed by atoms with Crippen LogP contribution < -0.4 is 4.74 Å². The molecule has 0 aliphatic carbocycles. The highest BCUT2D eigenvalue weighted by molar-refractivity contribution is 6.06. The van der Waals surface area contributed by atoms with E-state index in [1.807, 2.05) is 24.3 Å². The molecule has 2 aromatic rings. The number of likely N-dealkylation sites (tertiary alicyclic amines) is 1. The van der Waals surface area contributed by atoms with Crippen molar-refractivity contribution >= 4 is 11.9 Å². The van der Waals surface area contributed by atoms with Crippen molar-refractivity contribution in [1.29, 1.82) is 0 Å². The Bertz CT molecular complexity index is 989. The number of phenolic OH excluding ortho intramolecular Hbond substituents is 1. The number of rotatable bonds is 6. The molecule has 3 heterocycles. The molecule has 1 unspecified atom stereocenters. The molecule has 8 nitrogen and oxygen atoms in total. The number of benzene rings is 1. The fourth-order valence-electron chi connectivity index (χ4n) is 4.86. The van der Waals surface area contributed by atoms with Gasteiger partial charge in [-0.25, -0.2) is 4.79 Å². The Morgan fingerprint density at radius 3 is 2.59 bits per heavy atom. The molecule has 1 spiro atoms. The van der Waals surface area contributed by atoms with Gasteiger partial charge in [-0.15, -0.1) is 0 Å². The van der Waals surface area contributed by atoms with Gasteiger partial charge in [0.05, 0.1) is 13.7 Å². The molecule has 1 aromatic carbocycles. The van der Waals surface area contributed by atoms with Gasteiger partial charge in [0.15, 0.2) is 11.5 Å². The predicted octanol–water partition coefficient (Wildman–Crippen LogP) is 2.66. The van der Waals surface area contributed by atoms with E-state index in [1.165, 1.54) is 4.90 Å². The number of aromatic hydroxyl groups is 1. The van der Waals surface area contributed by atoms with Crippen molar-refractivity contribution in [1.82, 2.24) is 19.7 Å². The van der Waals surface area contributed by atoms with Crippen molar-refractivity contribution in [2.45, 2.75) is 44.3 Å². The van der Waals surface area contributed by atoms with Gasteiger partial charge in [-0.2, -0.15) is 0 Å². The molecule has 1 atom stereocenters. The monoisotopic (exact) mass is 438 g/mol. The van der Waals surface area contributed by atoms with Crippen molar-refractivity contribution < 1.29 is 19.4 Å². The van der Waals surface area contributed by atoms with Gasteiger partial charge in [-0.3, -0.25) is 14.7 Å². The van der Waals surface area contributed by atoms with Crippen molar-refractivity contribution in [2.24, 2.45) is 0 Å². The van der Waals surface area contributed by atoms with E-state index in [0.29, 0.717) is 18.6 Å². The van der Waals surface area contributed by atoms with Crippen LogP contribution in [0.15, 0.2) is 42.7 Å². The van der Waals surface area contributed by atoms with Crippen molar-refractivity contribution in [3.05, 3.63) is 53.9 Å². The largest absolute Gasteiger partial charge is 0.504 e. The van der Waals surface area contributed by atoms with Crippen LogP contribution in [0.1, 0.15) is 30.9 Å². The second-order valence-corrected chi connectivity index (χ2v) is 8.72. The topological polar surface area (TPSA) is 86.2 Å². The first-order valence-corrected chi connectivity index (χ1v) is 10.9. The second kappa shape index (κ2) is 8.78. The number of urea groups is 1. The maximum atomic E-state index is 13.4. The molecule has 2 fully saturated rings. The number of nitrogens with zero attached hydrogens (tertiary/aromatic N) is 4. The van der Waals surface area contributed by atoms with Crippen LogP contribution in [0.3, 0.4) is 0 Å². The molecule has 32 heavy (non-hydrogen) atoms. The third-order valence-corrected chi connectivity index (χ3v) is 6.89. The van der Waals surface area contributed by atoms with E-state index in [4.69, 9.17) is 4.74 Å². The van der Waals surface area contributed by atoms with Crippen molar-refractivity contribution in [3.63, 3.8) is 0 Å².